The maximum atomic E-state index is 5.38. The lowest BCUT2D eigenvalue weighted by Gasteiger charge is -2.32. The number of rotatable bonds is 5. The number of nitrogens with one attached hydrogen (secondary N) is 1. The van der Waals surface area contributed by atoms with Crippen molar-refractivity contribution in [2.75, 3.05) is 46.4 Å². The van der Waals surface area contributed by atoms with Crippen molar-refractivity contribution in [3.05, 3.63) is 0 Å². The van der Waals surface area contributed by atoms with Gasteiger partial charge in [0.15, 0.2) is 0 Å². The second-order valence-corrected chi connectivity index (χ2v) is 5.13. The fourth-order valence-electron chi connectivity index (χ4n) is 2.45. The van der Waals surface area contributed by atoms with Crippen LogP contribution in [0.25, 0.3) is 0 Å². The summed E-state index contributed by atoms with van der Waals surface area (Å²) >= 11 is 0. The largest absolute Gasteiger partial charge is 0.381 e. The van der Waals surface area contributed by atoms with Gasteiger partial charge in [-0.2, -0.15) is 0 Å². The Morgan fingerprint density at radius 1 is 1.20 bits per heavy atom. The van der Waals surface area contributed by atoms with Crippen LogP contribution in [0.5, 0.6) is 0 Å². The molecule has 0 aromatic carbocycles. The van der Waals surface area contributed by atoms with Gasteiger partial charge in [0.05, 0.1) is 0 Å². The normalized spacial score (nSPS) is 24.4. The summed E-state index contributed by atoms with van der Waals surface area (Å²) in [5.74, 6) is 1.82. The Labute approximate surface area is 93.2 Å². The van der Waals surface area contributed by atoms with Crippen LogP contribution in [0.15, 0.2) is 0 Å². The SMILES string of the molecule is CN(CCC1CCOCC1)CC1CNC1. The zero-order valence-corrected chi connectivity index (χ0v) is 9.87. The molecule has 3 nitrogen and oxygen atoms in total. The Kier molecular flexibility index (Phi) is 4.42. The van der Waals surface area contributed by atoms with E-state index in [0.717, 1.165) is 25.0 Å². The standard InChI is InChI=1S/C12H24N2O/c1-14(10-12-8-13-9-12)5-2-11-3-6-15-7-4-11/h11-13H,2-10H2,1H3. The molecule has 0 saturated carbocycles. The number of hydrogen-bond acceptors (Lipinski definition) is 3. The smallest absolute Gasteiger partial charge is 0.0468 e. The van der Waals surface area contributed by atoms with E-state index in [4.69, 9.17) is 4.74 Å². The van der Waals surface area contributed by atoms with Gasteiger partial charge in [-0.1, -0.05) is 0 Å². The fourth-order valence-corrected chi connectivity index (χ4v) is 2.45. The number of nitrogens with zero attached hydrogens (tertiary/aromatic N) is 1. The van der Waals surface area contributed by atoms with Crippen LogP contribution in [-0.2, 0) is 4.74 Å². The van der Waals surface area contributed by atoms with E-state index >= 15 is 0 Å². The predicted octanol–water partition coefficient (Wildman–Crippen LogP) is 0.954. The van der Waals surface area contributed by atoms with E-state index < -0.39 is 0 Å². The van der Waals surface area contributed by atoms with E-state index in [1.54, 1.807) is 0 Å². The van der Waals surface area contributed by atoms with Gasteiger partial charge in [0.25, 0.3) is 0 Å². The molecule has 0 radical (unpaired) electrons. The highest BCUT2D eigenvalue weighted by molar-refractivity contribution is 4.77. The maximum absolute atomic E-state index is 5.38. The first kappa shape index (κ1) is 11.4. The van der Waals surface area contributed by atoms with Crippen LogP contribution in [0.3, 0.4) is 0 Å². The van der Waals surface area contributed by atoms with Crippen LogP contribution < -0.4 is 5.32 Å². The highest BCUT2D eigenvalue weighted by Gasteiger charge is 2.19. The van der Waals surface area contributed by atoms with Crippen LogP contribution in [0.1, 0.15) is 19.3 Å². The summed E-state index contributed by atoms with van der Waals surface area (Å²) in [6, 6.07) is 0. The molecular weight excluding hydrogens is 188 g/mol. The van der Waals surface area contributed by atoms with Crippen molar-refractivity contribution < 1.29 is 4.74 Å². The quantitative estimate of drug-likeness (QED) is 0.734. The molecule has 2 saturated heterocycles. The summed E-state index contributed by atoms with van der Waals surface area (Å²) in [7, 11) is 2.26. The summed E-state index contributed by atoms with van der Waals surface area (Å²) < 4.78 is 5.38. The van der Waals surface area contributed by atoms with E-state index in [1.807, 2.05) is 0 Å². The highest BCUT2D eigenvalue weighted by Crippen LogP contribution is 2.18. The van der Waals surface area contributed by atoms with Gasteiger partial charge in [-0.15, -0.1) is 0 Å². The van der Waals surface area contributed by atoms with Gasteiger partial charge < -0.3 is 15.0 Å². The van der Waals surface area contributed by atoms with E-state index in [9.17, 15) is 0 Å². The lowest BCUT2D eigenvalue weighted by Crippen LogP contribution is -2.47. The average molecular weight is 212 g/mol. The van der Waals surface area contributed by atoms with Crippen molar-refractivity contribution in [2.24, 2.45) is 11.8 Å². The molecule has 0 aromatic rings. The molecule has 0 aliphatic carbocycles. The van der Waals surface area contributed by atoms with Gasteiger partial charge in [0, 0.05) is 32.8 Å². The third-order valence-corrected chi connectivity index (χ3v) is 3.70. The van der Waals surface area contributed by atoms with E-state index in [0.29, 0.717) is 0 Å². The molecule has 0 spiro atoms. The topological polar surface area (TPSA) is 24.5 Å². The molecule has 2 heterocycles. The summed E-state index contributed by atoms with van der Waals surface area (Å²) in [5, 5.41) is 3.33. The zero-order chi connectivity index (χ0) is 10.5. The van der Waals surface area contributed by atoms with Crippen molar-refractivity contribution in [1.29, 1.82) is 0 Å². The zero-order valence-electron chi connectivity index (χ0n) is 9.87. The van der Waals surface area contributed by atoms with Crippen molar-refractivity contribution >= 4 is 0 Å². The molecular formula is C12H24N2O. The third kappa shape index (κ3) is 3.74. The monoisotopic (exact) mass is 212 g/mol. The Bertz CT molecular complexity index is 176. The molecule has 2 fully saturated rings. The minimum atomic E-state index is 0.907. The van der Waals surface area contributed by atoms with E-state index in [-0.39, 0.29) is 0 Å². The van der Waals surface area contributed by atoms with E-state index in [1.165, 1.54) is 45.4 Å². The molecule has 88 valence electrons. The third-order valence-electron chi connectivity index (χ3n) is 3.70. The first-order chi connectivity index (χ1) is 7.34. The average Bonchev–Trinajstić information content (AvgIpc) is 2.22. The lowest BCUT2D eigenvalue weighted by atomic mass is 9.96. The minimum absolute atomic E-state index is 0.907. The van der Waals surface area contributed by atoms with Crippen LogP contribution in [-0.4, -0.2) is 51.3 Å². The van der Waals surface area contributed by atoms with Crippen LogP contribution in [0.4, 0.5) is 0 Å². The van der Waals surface area contributed by atoms with Gasteiger partial charge in [-0.05, 0) is 44.7 Å². The molecule has 0 unspecified atom stereocenters. The van der Waals surface area contributed by atoms with Gasteiger partial charge in [-0.25, -0.2) is 0 Å². The summed E-state index contributed by atoms with van der Waals surface area (Å²) in [6.45, 7) is 6.96. The molecule has 3 heteroatoms. The molecule has 0 aromatic heterocycles. The molecule has 15 heavy (non-hydrogen) atoms. The molecule has 0 atom stereocenters. The molecule has 2 rings (SSSR count). The Morgan fingerprint density at radius 2 is 1.93 bits per heavy atom. The maximum Gasteiger partial charge on any atom is 0.0468 e. The van der Waals surface area contributed by atoms with Crippen molar-refractivity contribution in [3.63, 3.8) is 0 Å². The van der Waals surface area contributed by atoms with Gasteiger partial charge in [0.1, 0.15) is 0 Å². The first-order valence-electron chi connectivity index (χ1n) is 6.31. The minimum Gasteiger partial charge on any atom is -0.381 e. The van der Waals surface area contributed by atoms with Crippen LogP contribution >= 0.6 is 0 Å². The molecule has 1 N–H and O–H groups in total. The predicted molar refractivity (Wildman–Crippen MR) is 62.0 cm³/mol. The summed E-state index contributed by atoms with van der Waals surface area (Å²) in [5.41, 5.74) is 0. The Hall–Kier alpha value is -0.120. The van der Waals surface area contributed by atoms with Crippen molar-refractivity contribution in [3.8, 4) is 0 Å². The van der Waals surface area contributed by atoms with Crippen molar-refractivity contribution in [1.82, 2.24) is 10.2 Å². The summed E-state index contributed by atoms with van der Waals surface area (Å²) in [6.07, 6.45) is 3.91. The van der Waals surface area contributed by atoms with Crippen molar-refractivity contribution in [2.45, 2.75) is 19.3 Å². The second kappa shape index (κ2) is 5.83. The number of hydrogen-bond donors (Lipinski definition) is 1. The molecule has 0 bridgehead atoms. The Balaban J connectivity index is 1.55. The van der Waals surface area contributed by atoms with Gasteiger partial charge in [0.2, 0.25) is 0 Å². The van der Waals surface area contributed by atoms with E-state index in [2.05, 4.69) is 17.3 Å². The molecule has 2 aliphatic heterocycles. The first-order valence-corrected chi connectivity index (χ1v) is 6.31. The molecule has 0 amide bonds. The lowest BCUT2D eigenvalue weighted by molar-refractivity contribution is 0.0601. The summed E-state index contributed by atoms with van der Waals surface area (Å²) in [4.78, 5) is 2.50. The highest BCUT2D eigenvalue weighted by atomic mass is 16.5. The fraction of sp³-hybridized carbons (Fsp3) is 1.00. The Morgan fingerprint density at radius 3 is 2.53 bits per heavy atom. The van der Waals surface area contributed by atoms with Gasteiger partial charge >= 0.3 is 0 Å². The second-order valence-electron chi connectivity index (χ2n) is 5.13. The number of ether oxygens (including phenoxy) is 1. The van der Waals surface area contributed by atoms with Crippen LogP contribution in [0, 0.1) is 11.8 Å². The molecule has 2 aliphatic rings. The van der Waals surface area contributed by atoms with Gasteiger partial charge in [-0.3, -0.25) is 0 Å². The van der Waals surface area contributed by atoms with Crippen LogP contribution in [0.2, 0.25) is 0 Å².